The maximum atomic E-state index is 5.61. The minimum absolute atomic E-state index is 0.685. The van der Waals surface area contributed by atoms with Crippen LogP contribution >= 0.6 is 11.6 Å². The van der Waals surface area contributed by atoms with Gasteiger partial charge in [0.1, 0.15) is 0 Å². The Balaban J connectivity index is 2.97. The fraction of sp³-hybridized carbons (Fsp3) is 1.00. The summed E-state index contributed by atoms with van der Waals surface area (Å²) in [6.45, 7) is 5.17. The molecule has 1 N–H and O–H groups in total. The van der Waals surface area contributed by atoms with Crippen LogP contribution in [0.3, 0.4) is 0 Å². The summed E-state index contributed by atoms with van der Waals surface area (Å²) in [4.78, 5) is 0. The topological polar surface area (TPSA) is 21.3 Å². The van der Waals surface area contributed by atoms with Crippen molar-refractivity contribution in [3.05, 3.63) is 0 Å². The number of alkyl halides is 1. The average molecular weight is 194 g/mol. The second-order valence-corrected chi connectivity index (χ2v) is 3.51. The van der Waals surface area contributed by atoms with Gasteiger partial charge >= 0.3 is 0 Å². The van der Waals surface area contributed by atoms with E-state index in [1.54, 1.807) is 7.11 Å². The first-order valence-electron chi connectivity index (χ1n) is 4.57. The summed E-state index contributed by atoms with van der Waals surface area (Å²) in [6, 6.07) is 0. The van der Waals surface area contributed by atoms with Crippen LogP contribution in [0.15, 0.2) is 0 Å². The molecule has 0 rings (SSSR count). The Bertz CT molecular complexity index is 90.6. The SMILES string of the molecule is COCCCNCC(C)CCCl. The highest BCUT2D eigenvalue weighted by Crippen LogP contribution is 2.00. The Morgan fingerprint density at radius 2 is 2.25 bits per heavy atom. The van der Waals surface area contributed by atoms with Crippen molar-refractivity contribution in [2.75, 3.05) is 32.7 Å². The molecule has 0 aromatic heterocycles. The summed E-state index contributed by atoms with van der Waals surface area (Å²) in [7, 11) is 1.73. The van der Waals surface area contributed by atoms with Crippen LogP contribution in [0.4, 0.5) is 0 Å². The molecule has 0 aliphatic rings. The molecule has 0 saturated carbocycles. The van der Waals surface area contributed by atoms with Crippen molar-refractivity contribution < 1.29 is 4.74 Å². The fourth-order valence-corrected chi connectivity index (χ4v) is 1.35. The van der Waals surface area contributed by atoms with Crippen molar-refractivity contribution in [2.45, 2.75) is 19.8 Å². The van der Waals surface area contributed by atoms with Gasteiger partial charge < -0.3 is 10.1 Å². The number of hydrogen-bond acceptors (Lipinski definition) is 2. The number of nitrogens with one attached hydrogen (secondary N) is 1. The van der Waals surface area contributed by atoms with E-state index in [9.17, 15) is 0 Å². The van der Waals surface area contributed by atoms with E-state index >= 15 is 0 Å². The molecule has 3 heteroatoms. The Labute approximate surface area is 80.6 Å². The minimum Gasteiger partial charge on any atom is -0.385 e. The van der Waals surface area contributed by atoms with Gasteiger partial charge in [-0.05, 0) is 31.8 Å². The van der Waals surface area contributed by atoms with E-state index in [1.807, 2.05) is 0 Å². The molecular formula is C9H20ClNO. The number of halogens is 1. The third-order valence-electron chi connectivity index (χ3n) is 1.80. The normalized spacial score (nSPS) is 13.2. The summed E-state index contributed by atoms with van der Waals surface area (Å²) >= 11 is 5.61. The summed E-state index contributed by atoms with van der Waals surface area (Å²) < 4.78 is 4.94. The molecule has 12 heavy (non-hydrogen) atoms. The molecule has 0 aliphatic heterocycles. The van der Waals surface area contributed by atoms with Gasteiger partial charge in [-0.1, -0.05) is 6.92 Å². The third-order valence-corrected chi connectivity index (χ3v) is 2.01. The lowest BCUT2D eigenvalue weighted by Crippen LogP contribution is -2.23. The highest BCUT2D eigenvalue weighted by atomic mass is 35.5. The second-order valence-electron chi connectivity index (χ2n) is 3.13. The Kier molecular flexibility index (Phi) is 9.46. The van der Waals surface area contributed by atoms with Gasteiger partial charge in [-0.25, -0.2) is 0 Å². The zero-order chi connectivity index (χ0) is 9.23. The molecule has 0 saturated heterocycles. The standard InChI is InChI=1S/C9H20ClNO/c1-9(4-5-10)8-11-6-3-7-12-2/h9,11H,3-8H2,1-2H3. The van der Waals surface area contributed by atoms with Crippen LogP contribution in [0.5, 0.6) is 0 Å². The van der Waals surface area contributed by atoms with E-state index in [2.05, 4.69) is 12.2 Å². The number of ether oxygens (including phenoxy) is 1. The van der Waals surface area contributed by atoms with E-state index in [-0.39, 0.29) is 0 Å². The largest absolute Gasteiger partial charge is 0.385 e. The van der Waals surface area contributed by atoms with Crippen molar-refractivity contribution in [3.8, 4) is 0 Å². The van der Waals surface area contributed by atoms with Crippen LogP contribution in [-0.2, 0) is 4.74 Å². The predicted octanol–water partition coefficient (Wildman–Crippen LogP) is 1.88. The first-order chi connectivity index (χ1) is 5.81. The van der Waals surface area contributed by atoms with Crippen LogP contribution in [0, 0.1) is 5.92 Å². The highest BCUT2D eigenvalue weighted by molar-refractivity contribution is 6.17. The van der Waals surface area contributed by atoms with Crippen LogP contribution in [-0.4, -0.2) is 32.7 Å². The van der Waals surface area contributed by atoms with Gasteiger partial charge in [0.05, 0.1) is 0 Å². The monoisotopic (exact) mass is 193 g/mol. The summed E-state index contributed by atoms with van der Waals surface area (Å²) in [5.74, 6) is 1.45. The van der Waals surface area contributed by atoms with Gasteiger partial charge in [0.15, 0.2) is 0 Å². The molecule has 0 aliphatic carbocycles. The maximum absolute atomic E-state index is 5.61. The first kappa shape index (κ1) is 12.2. The van der Waals surface area contributed by atoms with E-state index in [4.69, 9.17) is 16.3 Å². The molecule has 0 aromatic rings. The molecule has 0 amide bonds. The van der Waals surface area contributed by atoms with Crippen LogP contribution in [0.2, 0.25) is 0 Å². The lowest BCUT2D eigenvalue weighted by atomic mass is 10.1. The van der Waals surface area contributed by atoms with Crippen LogP contribution in [0.1, 0.15) is 19.8 Å². The van der Waals surface area contributed by atoms with Crippen molar-refractivity contribution in [1.29, 1.82) is 0 Å². The van der Waals surface area contributed by atoms with E-state index in [1.165, 1.54) is 0 Å². The van der Waals surface area contributed by atoms with Crippen molar-refractivity contribution in [3.63, 3.8) is 0 Å². The summed E-state index contributed by atoms with van der Waals surface area (Å²) in [6.07, 6.45) is 2.18. The summed E-state index contributed by atoms with van der Waals surface area (Å²) in [5, 5.41) is 3.37. The van der Waals surface area contributed by atoms with Crippen molar-refractivity contribution >= 4 is 11.6 Å². The molecule has 74 valence electrons. The molecule has 0 radical (unpaired) electrons. The van der Waals surface area contributed by atoms with Gasteiger partial charge in [0.25, 0.3) is 0 Å². The maximum Gasteiger partial charge on any atom is 0.0474 e. The first-order valence-corrected chi connectivity index (χ1v) is 5.10. The second kappa shape index (κ2) is 9.30. The van der Waals surface area contributed by atoms with E-state index in [0.29, 0.717) is 5.92 Å². The molecule has 0 aromatic carbocycles. The van der Waals surface area contributed by atoms with Gasteiger partial charge in [-0.2, -0.15) is 0 Å². The molecular weight excluding hydrogens is 174 g/mol. The smallest absolute Gasteiger partial charge is 0.0474 e. The van der Waals surface area contributed by atoms with Gasteiger partial charge in [0.2, 0.25) is 0 Å². The number of rotatable bonds is 8. The Morgan fingerprint density at radius 3 is 2.83 bits per heavy atom. The molecule has 0 spiro atoms. The number of methoxy groups -OCH3 is 1. The number of hydrogen-bond donors (Lipinski definition) is 1. The molecule has 0 fully saturated rings. The van der Waals surface area contributed by atoms with Gasteiger partial charge in [-0.15, -0.1) is 11.6 Å². The minimum atomic E-state index is 0.685. The third kappa shape index (κ3) is 8.31. The fourth-order valence-electron chi connectivity index (χ4n) is 0.978. The summed E-state index contributed by atoms with van der Waals surface area (Å²) in [5.41, 5.74) is 0. The highest BCUT2D eigenvalue weighted by Gasteiger charge is 1.98. The molecule has 1 atom stereocenters. The molecule has 2 nitrogen and oxygen atoms in total. The Hall–Kier alpha value is 0.210. The lowest BCUT2D eigenvalue weighted by molar-refractivity contribution is 0.194. The van der Waals surface area contributed by atoms with E-state index < -0.39 is 0 Å². The predicted molar refractivity (Wildman–Crippen MR) is 53.9 cm³/mol. The quantitative estimate of drug-likeness (QED) is 0.470. The van der Waals surface area contributed by atoms with Crippen LogP contribution in [0.25, 0.3) is 0 Å². The Morgan fingerprint density at radius 1 is 1.50 bits per heavy atom. The lowest BCUT2D eigenvalue weighted by Gasteiger charge is -2.10. The zero-order valence-electron chi connectivity index (χ0n) is 8.11. The van der Waals surface area contributed by atoms with Gasteiger partial charge in [0, 0.05) is 19.6 Å². The van der Waals surface area contributed by atoms with Crippen molar-refractivity contribution in [2.24, 2.45) is 5.92 Å². The van der Waals surface area contributed by atoms with Crippen LogP contribution < -0.4 is 5.32 Å². The van der Waals surface area contributed by atoms with Gasteiger partial charge in [-0.3, -0.25) is 0 Å². The van der Waals surface area contributed by atoms with E-state index in [0.717, 1.165) is 38.4 Å². The van der Waals surface area contributed by atoms with Crippen molar-refractivity contribution in [1.82, 2.24) is 5.32 Å². The zero-order valence-corrected chi connectivity index (χ0v) is 8.86. The molecule has 1 unspecified atom stereocenters. The average Bonchev–Trinajstić information content (AvgIpc) is 2.05. The molecule has 0 bridgehead atoms. The molecule has 0 heterocycles.